The van der Waals surface area contributed by atoms with Crippen molar-refractivity contribution in [3.05, 3.63) is 0 Å². The molecule has 1 saturated carbocycles. The van der Waals surface area contributed by atoms with Crippen LogP contribution in [0.1, 0.15) is 32.6 Å². The molecular formula is C12H22N4O3. The Morgan fingerprint density at radius 3 is 2.47 bits per heavy atom. The fraction of sp³-hybridized carbons (Fsp3) is 0.750. The summed E-state index contributed by atoms with van der Waals surface area (Å²) in [5, 5.41) is 2.78. The van der Waals surface area contributed by atoms with E-state index in [1.807, 2.05) is 0 Å². The molecule has 2 amide bonds. The summed E-state index contributed by atoms with van der Waals surface area (Å²) in [6.07, 6.45) is 2.32. The zero-order valence-electron chi connectivity index (χ0n) is 11.1. The fourth-order valence-corrected chi connectivity index (χ4v) is 2.69. The molecule has 108 valence electrons. The predicted molar refractivity (Wildman–Crippen MR) is 69.4 cm³/mol. The van der Waals surface area contributed by atoms with Crippen molar-refractivity contribution < 1.29 is 14.4 Å². The predicted octanol–water partition coefficient (Wildman–Crippen LogP) is -1.18. The van der Waals surface area contributed by atoms with Gasteiger partial charge in [-0.15, -0.1) is 0 Å². The van der Waals surface area contributed by atoms with Crippen molar-refractivity contribution in [1.29, 1.82) is 0 Å². The Balaban J connectivity index is 2.83. The van der Waals surface area contributed by atoms with Gasteiger partial charge >= 0.3 is 0 Å². The summed E-state index contributed by atoms with van der Waals surface area (Å²) in [6.45, 7) is 1.72. The molecule has 0 spiro atoms. The molecule has 3 atom stereocenters. The lowest BCUT2D eigenvalue weighted by Gasteiger charge is -2.36. The average Bonchev–Trinajstić information content (AvgIpc) is 2.37. The molecule has 0 aliphatic heterocycles. The van der Waals surface area contributed by atoms with Gasteiger partial charge in [-0.3, -0.25) is 19.8 Å². The van der Waals surface area contributed by atoms with Crippen LogP contribution in [-0.2, 0) is 14.4 Å². The van der Waals surface area contributed by atoms with Gasteiger partial charge in [0.05, 0.1) is 5.92 Å². The van der Waals surface area contributed by atoms with Crippen molar-refractivity contribution >= 4 is 17.6 Å². The summed E-state index contributed by atoms with van der Waals surface area (Å²) in [7, 11) is 0. The van der Waals surface area contributed by atoms with E-state index in [1.54, 1.807) is 0 Å². The smallest absolute Gasteiger partial charge is 0.239 e. The van der Waals surface area contributed by atoms with Crippen molar-refractivity contribution in [2.45, 2.75) is 38.6 Å². The number of amides is 2. The topological polar surface area (TPSA) is 127 Å². The molecule has 1 aliphatic carbocycles. The standard InChI is InChI=1S/C12H22N4O3/c1-7(17)8-3-2-4-9(11(8)12(19)16-14)15-10(18)5-6-13/h8-9,11H,2-6,13-14H2,1H3,(H,15,18)(H,16,19)/t8-,9?,11+/m1/s1. The minimum absolute atomic E-state index is 0.0497. The van der Waals surface area contributed by atoms with E-state index in [0.29, 0.717) is 12.8 Å². The van der Waals surface area contributed by atoms with Crippen LogP contribution < -0.4 is 22.3 Å². The quantitative estimate of drug-likeness (QED) is 0.284. The normalized spacial score (nSPS) is 26.6. The summed E-state index contributed by atoms with van der Waals surface area (Å²) >= 11 is 0. The average molecular weight is 270 g/mol. The lowest BCUT2D eigenvalue weighted by atomic mass is 9.73. The second-order valence-electron chi connectivity index (χ2n) is 4.90. The Hall–Kier alpha value is -1.47. The lowest BCUT2D eigenvalue weighted by Crippen LogP contribution is -2.54. The first-order chi connectivity index (χ1) is 9.01. The van der Waals surface area contributed by atoms with E-state index in [0.717, 1.165) is 6.42 Å². The van der Waals surface area contributed by atoms with Crippen molar-refractivity contribution in [1.82, 2.24) is 10.7 Å². The van der Waals surface area contributed by atoms with Crippen molar-refractivity contribution in [2.75, 3.05) is 6.54 Å². The van der Waals surface area contributed by atoms with Gasteiger partial charge in [0, 0.05) is 24.9 Å². The van der Waals surface area contributed by atoms with Crippen molar-refractivity contribution in [2.24, 2.45) is 23.4 Å². The van der Waals surface area contributed by atoms with Gasteiger partial charge in [0.2, 0.25) is 11.8 Å². The molecule has 7 nitrogen and oxygen atoms in total. The number of nitrogens with two attached hydrogens (primary N) is 2. The number of hydrazine groups is 1. The molecule has 0 heterocycles. The van der Waals surface area contributed by atoms with Gasteiger partial charge in [0.15, 0.2) is 0 Å². The molecule has 1 unspecified atom stereocenters. The minimum atomic E-state index is -0.599. The van der Waals surface area contributed by atoms with Crippen LogP contribution in [0.4, 0.5) is 0 Å². The monoisotopic (exact) mass is 270 g/mol. The second-order valence-corrected chi connectivity index (χ2v) is 4.90. The first kappa shape index (κ1) is 15.6. The molecule has 6 N–H and O–H groups in total. The molecule has 0 bridgehead atoms. The third-order valence-corrected chi connectivity index (χ3v) is 3.58. The molecule has 1 rings (SSSR count). The Morgan fingerprint density at radius 1 is 1.26 bits per heavy atom. The Bertz CT molecular complexity index is 359. The number of rotatable bonds is 5. The minimum Gasteiger partial charge on any atom is -0.353 e. The van der Waals surface area contributed by atoms with E-state index >= 15 is 0 Å². The molecular weight excluding hydrogens is 248 g/mol. The number of carbonyl (C=O) groups excluding carboxylic acids is 3. The maximum Gasteiger partial charge on any atom is 0.239 e. The number of nitrogens with one attached hydrogen (secondary N) is 2. The number of hydrogen-bond donors (Lipinski definition) is 4. The van der Waals surface area contributed by atoms with Crippen molar-refractivity contribution in [3.8, 4) is 0 Å². The summed E-state index contributed by atoms with van der Waals surface area (Å²) < 4.78 is 0. The van der Waals surface area contributed by atoms with Gasteiger partial charge in [-0.1, -0.05) is 6.42 Å². The molecule has 19 heavy (non-hydrogen) atoms. The Kier molecular flexibility index (Phi) is 5.91. The molecule has 1 fully saturated rings. The first-order valence-corrected chi connectivity index (χ1v) is 6.51. The van der Waals surface area contributed by atoms with Crippen LogP contribution in [0.3, 0.4) is 0 Å². The number of hydrogen-bond acceptors (Lipinski definition) is 5. The highest BCUT2D eigenvalue weighted by atomic mass is 16.2. The first-order valence-electron chi connectivity index (χ1n) is 6.51. The van der Waals surface area contributed by atoms with E-state index < -0.39 is 11.8 Å². The highest BCUT2D eigenvalue weighted by molar-refractivity contribution is 5.88. The van der Waals surface area contributed by atoms with Crippen LogP contribution in [-0.4, -0.2) is 30.2 Å². The van der Waals surface area contributed by atoms with Gasteiger partial charge in [0.25, 0.3) is 0 Å². The SMILES string of the molecule is CC(=O)[C@H]1CCCC(NC(=O)CCN)[C@H]1C(=O)NN. The summed E-state index contributed by atoms with van der Waals surface area (Å²) in [5.41, 5.74) is 7.40. The summed E-state index contributed by atoms with van der Waals surface area (Å²) in [5.74, 6) is 3.53. The maximum atomic E-state index is 11.9. The van der Waals surface area contributed by atoms with E-state index in [4.69, 9.17) is 11.6 Å². The second kappa shape index (κ2) is 7.20. The van der Waals surface area contributed by atoms with Gasteiger partial charge in [-0.05, 0) is 19.8 Å². The van der Waals surface area contributed by atoms with Gasteiger partial charge < -0.3 is 11.1 Å². The molecule has 7 heteroatoms. The molecule has 1 aliphatic rings. The summed E-state index contributed by atoms with van der Waals surface area (Å²) in [6, 6.07) is -0.356. The van der Waals surface area contributed by atoms with E-state index in [9.17, 15) is 14.4 Å². The molecule has 0 radical (unpaired) electrons. The maximum absolute atomic E-state index is 11.9. The van der Waals surface area contributed by atoms with Gasteiger partial charge in [-0.25, -0.2) is 5.84 Å². The highest BCUT2D eigenvalue weighted by Gasteiger charge is 2.40. The number of Topliss-reactive ketones (excluding diaryl/α,β-unsaturated/α-hetero) is 1. The summed E-state index contributed by atoms with van der Waals surface area (Å²) in [4.78, 5) is 35.1. The Labute approximate surface area is 112 Å². The van der Waals surface area contributed by atoms with Crippen LogP contribution >= 0.6 is 0 Å². The van der Waals surface area contributed by atoms with E-state index in [-0.39, 0.29) is 36.6 Å². The molecule has 0 aromatic rings. The fourth-order valence-electron chi connectivity index (χ4n) is 2.69. The highest BCUT2D eigenvalue weighted by Crippen LogP contribution is 2.31. The molecule has 0 aromatic carbocycles. The van der Waals surface area contributed by atoms with Crippen LogP contribution in [0.15, 0.2) is 0 Å². The van der Waals surface area contributed by atoms with Crippen molar-refractivity contribution in [3.63, 3.8) is 0 Å². The molecule has 0 aromatic heterocycles. The largest absolute Gasteiger partial charge is 0.353 e. The zero-order valence-corrected chi connectivity index (χ0v) is 11.1. The molecule has 0 saturated heterocycles. The van der Waals surface area contributed by atoms with Gasteiger partial charge in [0.1, 0.15) is 5.78 Å². The third kappa shape index (κ3) is 4.00. The van der Waals surface area contributed by atoms with E-state index in [2.05, 4.69) is 10.7 Å². The van der Waals surface area contributed by atoms with Crippen LogP contribution in [0.2, 0.25) is 0 Å². The number of carbonyl (C=O) groups is 3. The zero-order chi connectivity index (χ0) is 14.4. The van der Waals surface area contributed by atoms with Crippen LogP contribution in [0.25, 0.3) is 0 Å². The number of ketones is 1. The lowest BCUT2D eigenvalue weighted by molar-refractivity contribution is -0.137. The van der Waals surface area contributed by atoms with Crippen LogP contribution in [0, 0.1) is 11.8 Å². The van der Waals surface area contributed by atoms with Crippen LogP contribution in [0.5, 0.6) is 0 Å². The Morgan fingerprint density at radius 2 is 1.95 bits per heavy atom. The van der Waals surface area contributed by atoms with E-state index in [1.165, 1.54) is 6.92 Å². The third-order valence-electron chi connectivity index (χ3n) is 3.58. The van der Waals surface area contributed by atoms with Gasteiger partial charge in [-0.2, -0.15) is 0 Å².